The lowest BCUT2D eigenvalue weighted by Gasteiger charge is -2.13. The van der Waals surface area contributed by atoms with E-state index < -0.39 is 23.1 Å². The van der Waals surface area contributed by atoms with Crippen molar-refractivity contribution in [2.45, 2.75) is 38.7 Å². The summed E-state index contributed by atoms with van der Waals surface area (Å²) in [6, 6.07) is 27.0. The molecule has 0 aliphatic heterocycles. The number of carbonyl (C=O) groups excluding carboxylic acids is 2. The van der Waals surface area contributed by atoms with E-state index in [0.29, 0.717) is 29.9 Å². The third kappa shape index (κ3) is 7.73. The quantitative estimate of drug-likeness (QED) is 0.0350. The minimum Gasteiger partial charge on any atom is -0.426 e. The van der Waals surface area contributed by atoms with Gasteiger partial charge in [0.1, 0.15) is 21.4 Å². The van der Waals surface area contributed by atoms with Gasteiger partial charge in [-0.2, -0.15) is 0 Å². The molecule has 0 aliphatic carbocycles. The van der Waals surface area contributed by atoms with Gasteiger partial charge in [0.05, 0.1) is 11.5 Å². The van der Waals surface area contributed by atoms with Crippen LogP contribution in [0.4, 0.5) is 0 Å². The van der Waals surface area contributed by atoms with E-state index in [4.69, 9.17) is 21.7 Å². The van der Waals surface area contributed by atoms with E-state index in [9.17, 15) is 19.7 Å². The highest BCUT2D eigenvalue weighted by molar-refractivity contribution is 7.80. The number of fused-ring (bicyclic) bond motifs is 1. The number of rotatable bonds is 11. The summed E-state index contributed by atoms with van der Waals surface area (Å²) >= 11 is 5.21. The lowest BCUT2D eigenvalue weighted by Crippen LogP contribution is -2.19. The number of esters is 2. The number of nitrogens with zero attached hydrogens (tertiary/aromatic N) is 1. The lowest BCUT2D eigenvalue weighted by atomic mass is 9.98. The monoisotopic (exact) mass is 645 g/mol. The van der Waals surface area contributed by atoms with Crippen LogP contribution >= 0.6 is 32.9 Å². The van der Waals surface area contributed by atoms with Crippen molar-refractivity contribution in [1.29, 1.82) is 0 Å². The highest BCUT2D eigenvalue weighted by Gasteiger charge is 2.19. The van der Waals surface area contributed by atoms with Gasteiger partial charge >= 0.3 is 11.9 Å². The van der Waals surface area contributed by atoms with Crippen LogP contribution in [0.5, 0.6) is 11.5 Å². The molecular weight excluding hydrogens is 619 g/mol. The first-order valence-corrected chi connectivity index (χ1v) is 16.3. The molecule has 0 saturated carbocycles. The molecule has 5 rings (SSSR count). The van der Waals surface area contributed by atoms with Gasteiger partial charge < -0.3 is 14.3 Å². The molecular formula is C33H27NO7S3. The molecule has 5 aromatic rings. The molecule has 0 amide bonds. The molecule has 224 valence electrons. The predicted molar refractivity (Wildman–Crippen MR) is 174 cm³/mol. The molecule has 1 unspecified atom stereocenters. The summed E-state index contributed by atoms with van der Waals surface area (Å²) in [7, 11) is 3.17. The van der Waals surface area contributed by atoms with E-state index in [1.807, 2.05) is 49.4 Å². The molecule has 0 bridgehead atoms. The standard InChI is InChI=1S/C33H27NO7S3/c1-3-27(41-34(37)38)16-21-4-6-23(7-5-21)33(36)40-29-15-12-25-17-24(8-9-26(25)18-29)20(2)32(35)39-28-13-10-22(11-14-28)30-19-31(42)44-43-30/h4-15,17-20,27H,3,16H2,1-2H3/t20-,27?/m0/s1. The molecule has 0 radical (unpaired) electrons. The highest BCUT2D eigenvalue weighted by Crippen LogP contribution is 2.31. The first kappa shape index (κ1) is 31.0. The van der Waals surface area contributed by atoms with Gasteiger partial charge in [0.25, 0.3) is 5.09 Å². The van der Waals surface area contributed by atoms with Crippen molar-refractivity contribution < 1.29 is 29.0 Å². The summed E-state index contributed by atoms with van der Waals surface area (Å²) in [5.41, 5.74) is 2.99. The van der Waals surface area contributed by atoms with E-state index in [1.54, 1.807) is 76.1 Å². The Labute approximate surface area is 266 Å². The Morgan fingerprint density at radius 1 is 0.864 bits per heavy atom. The van der Waals surface area contributed by atoms with E-state index in [1.165, 1.54) is 0 Å². The fourth-order valence-electron chi connectivity index (χ4n) is 4.56. The Morgan fingerprint density at radius 3 is 2.20 bits per heavy atom. The Balaban J connectivity index is 1.20. The van der Waals surface area contributed by atoms with E-state index in [2.05, 4.69) is 4.84 Å². The van der Waals surface area contributed by atoms with Crippen LogP contribution in [0, 0.1) is 13.9 Å². The van der Waals surface area contributed by atoms with Gasteiger partial charge in [0, 0.05) is 4.88 Å². The minimum atomic E-state index is -0.787. The number of carbonyl (C=O) groups is 2. The van der Waals surface area contributed by atoms with E-state index >= 15 is 0 Å². The molecule has 0 N–H and O–H groups in total. The fourth-order valence-corrected chi connectivity index (χ4v) is 6.96. The molecule has 4 aromatic carbocycles. The van der Waals surface area contributed by atoms with Gasteiger partial charge in [-0.05, 0) is 102 Å². The van der Waals surface area contributed by atoms with Crippen LogP contribution in [0.1, 0.15) is 47.7 Å². The van der Waals surface area contributed by atoms with Crippen LogP contribution in [-0.2, 0) is 16.1 Å². The second kappa shape index (κ2) is 13.9. The minimum absolute atomic E-state index is 0.354. The summed E-state index contributed by atoms with van der Waals surface area (Å²) < 4.78 is 12.1. The Bertz CT molecular complexity index is 1860. The highest BCUT2D eigenvalue weighted by atomic mass is 32.9. The smallest absolute Gasteiger partial charge is 0.343 e. The zero-order chi connectivity index (χ0) is 31.2. The van der Waals surface area contributed by atoms with E-state index in [-0.39, 0.29) is 5.97 Å². The largest absolute Gasteiger partial charge is 0.426 e. The van der Waals surface area contributed by atoms with Gasteiger partial charge in [-0.1, -0.05) is 76.2 Å². The van der Waals surface area contributed by atoms with Crippen LogP contribution in [0.25, 0.3) is 21.2 Å². The summed E-state index contributed by atoms with van der Waals surface area (Å²) in [5, 5.41) is 11.6. The summed E-state index contributed by atoms with van der Waals surface area (Å²) in [6.07, 6.45) is 0.293. The number of ether oxygens (including phenoxy) is 2. The average molecular weight is 646 g/mol. The number of hydrogen-bond donors (Lipinski definition) is 0. The molecule has 44 heavy (non-hydrogen) atoms. The normalized spacial score (nSPS) is 12.3. The first-order chi connectivity index (χ1) is 21.2. The number of benzene rings is 4. The molecule has 0 aliphatic rings. The summed E-state index contributed by atoms with van der Waals surface area (Å²) in [5.74, 6) is -0.532. The maximum atomic E-state index is 12.9. The van der Waals surface area contributed by atoms with Crippen LogP contribution < -0.4 is 9.47 Å². The summed E-state index contributed by atoms with van der Waals surface area (Å²) in [6.45, 7) is 3.61. The van der Waals surface area contributed by atoms with E-state index in [0.717, 1.165) is 36.2 Å². The van der Waals surface area contributed by atoms with Gasteiger partial charge in [-0.15, -0.1) is 10.1 Å². The van der Waals surface area contributed by atoms with Crippen molar-refractivity contribution in [2.24, 2.45) is 0 Å². The SMILES string of the molecule is CCC(Cc1ccc(C(=O)Oc2ccc3cc([C@H](C)C(=O)Oc4ccc(-c5cc(=S)ss5)cc4)ccc3c2)cc1)O[N+](=O)[O-]. The second-order valence-electron chi connectivity index (χ2n) is 10.1. The van der Waals surface area contributed by atoms with Gasteiger partial charge in [-0.3, -0.25) is 4.79 Å². The predicted octanol–water partition coefficient (Wildman–Crippen LogP) is 8.82. The molecule has 1 aromatic heterocycles. The first-order valence-electron chi connectivity index (χ1n) is 13.8. The molecule has 0 spiro atoms. The van der Waals surface area contributed by atoms with Crippen LogP contribution in [-0.4, -0.2) is 23.1 Å². The molecule has 0 fully saturated rings. The second-order valence-corrected chi connectivity index (χ2v) is 13.0. The molecule has 2 atom stereocenters. The molecule has 0 saturated heterocycles. The lowest BCUT2D eigenvalue weighted by molar-refractivity contribution is -0.768. The molecule has 1 heterocycles. The fraction of sp³-hybridized carbons (Fsp3) is 0.182. The van der Waals surface area contributed by atoms with Crippen LogP contribution in [0.2, 0.25) is 0 Å². The topological polar surface area (TPSA) is 105 Å². The van der Waals surface area contributed by atoms with Crippen molar-refractivity contribution in [3.8, 4) is 21.9 Å². The Hall–Kier alpha value is -4.45. The zero-order valence-electron chi connectivity index (χ0n) is 23.8. The van der Waals surface area contributed by atoms with Crippen molar-refractivity contribution in [1.82, 2.24) is 0 Å². The van der Waals surface area contributed by atoms with Crippen molar-refractivity contribution in [2.75, 3.05) is 0 Å². The molecule has 11 heteroatoms. The van der Waals surface area contributed by atoms with Crippen molar-refractivity contribution in [3.05, 3.63) is 122 Å². The maximum Gasteiger partial charge on any atom is 0.343 e. The van der Waals surface area contributed by atoms with Gasteiger partial charge in [-0.25, -0.2) is 4.79 Å². The third-order valence-corrected chi connectivity index (χ3v) is 9.97. The number of hydrogen-bond acceptors (Lipinski definition) is 10. The van der Waals surface area contributed by atoms with Crippen LogP contribution in [0.3, 0.4) is 0 Å². The Kier molecular flexibility index (Phi) is 9.78. The summed E-state index contributed by atoms with van der Waals surface area (Å²) in [4.78, 5) is 42.1. The molecule has 8 nitrogen and oxygen atoms in total. The average Bonchev–Trinajstić information content (AvgIpc) is 3.46. The Morgan fingerprint density at radius 2 is 1.55 bits per heavy atom. The third-order valence-electron chi connectivity index (χ3n) is 7.06. The van der Waals surface area contributed by atoms with Gasteiger partial charge in [0.15, 0.2) is 0 Å². The van der Waals surface area contributed by atoms with Crippen molar-refractivity contribution >= 4 is 55.6 Å². The van der Waals surface area contributed by atoms with Gasteiger partial charge in [0.2, 0.25) is 0 Å². The van der Waals surface area contributed by atoms with Crippen LogP contribution in [0.15, 0.2) is 91.0 Å². The van der Waals surface area contributed by atoms with Crippen molar-refractivity contribution in [3.63, 3.8) is 0 Å². The zero-order valence-corrected chi connectivity index (χ0v) is 26.2. The maximum absolute atomic E-state index is 12.9.